The average molecular weight is 386 g/mol. The van der Waals surface area contributed by atoms with Gasteiger partial charge in [0, 0.05) is 16.6 Å². The van der Waals surface area contributed by atoms with Crippen molar-refractivity contribution in [2.75, 3.05) is 10.5 Å². The number of hydrogen-bond donors (Lipinski definition) is 1. The highest BCUT2D eigenvalue weighted by Gasteiger charge is 2.65. The normalized spacial score (nSPS) is 29.8. The fourth-order valence-electron chi connectivity index (χ4n) is 4.20. The van der Waals surface area contributed by atoms with Gasteiger partial charge >= 0.3 is 0 Å². The van der Waals surface area contributed by atoms with Crippen LogP contribution >= 0.6 is 15.9 Å². The highest BCUT2D eigenvalue weighted by molar-refractivity contribution is 9.10. The van der Waals surface area contributed by atoms with Crippen molar-refractivity contribution in [2.24, 2.45) is 16.7 Å². The van der Waals surface area contributed by atoms with E-state index in [1.54, 1.807) is 18.2 Å². The molecule has 0 unspecified atom stereocenters. The summed E-state index contributed by atoms with van der Waals surface area (Å²) in [5.74, 6) is 0.323. The van der Waals surface area contributed by atoms with E-state index in [2.05, 4.69) is 20.7 Å². The molecule has 0 aliphatic heterocycles. The van der Waals surface area contributed by atoms with Gasteiger partial charge in [-0.25, -0.2) is 8.42 Å². The number of carbonyl (C=O) groups excluding carboxylic acids is 1. The number of hydrogen-bond acceptors (Lipinski definition) is 3. The minimum Gasteiger partial charge on any atom is -0.299 e. The van der Waals surface area contributed by atoms with Crippen LogP contribution in [0.25, 0.3) is 0 Å². The van der Waals surface area contributed by atoms with E-state index in [1.165, 1.54) is 0 Å². The first-order valence-electron chi connectivity index (χ1n) is 7.46. The summed E-state index contributed by atoms with van der Waals surface area (Å²) in [6, 6.07) is 7.03. The Hall–Kier alpha value is -0.880. The largest absolute Gasteiger partial charge is 0.299 e. The summed E-state index contributed by atoms with van der Waals surface area (Å²) in [5, 5.41) is 0. The van der Waals surface area contributed by atoms with Crippen LogP contribution in [0.1, 0.15) is 33.1 Å². The quantitative estimate of drug-likeness (QED) is 0.860. The monoisotopic (exact) mass is 385 g/mol. The van der Waals surface area contributed by atoms with E-state index in [9.17, 15) is 13.2 Å². The number of anilines is 1. The van der Waals surface area contributed by atoms with E-state index >= 15 is 0 Å². The number of fused-ring (bicyclic) bond motifs is 2. The highest BCUT2D eigenvalue weighted by Crippen LogP contribution is 2.64. The molecule has 1 N–H and O–H groups in total. The minimum atomic E-state index is -3.57. The van der Waals surface area contributed by atoms with Gasteiger partial charge in [0.1, 0.15) is 5.78 Å². The molecule has 1 aromatic carbocycles. The van der Waals surface area contributed by atoms with Crippen molar-refractivity contribution >= 4 is 37.4 Å². The number of carbonyl (C=O) groups is 1. The molecule has 120 valence electrons. The van der Waals surface area contributed by atoms with Gasteiger partial charge in [0.15, 0.2) is 0 Å². The van der Waals surface area contributed by atoms with Crippen LogP contribution in [-0.4, -0.2) is 20.0 Å². The number of rotatable bonds is 4. The van der Waals surface area contributed by atoms with Gasteiger partial charge in [0.2, 0.25) is 10.0 Å². The lowest BCUT2D eigenvalue weighted by atomic mass is 9.70. The Morgan fingerprint density at radius 2 is 2.09 bits per heavy atom. The molecule has 1 aromatic rings. The van der Waals surface area contributed by atoms with Gasteiger partial charge in [0.25, 0.3) is 0 Å². The molecule has 3 rings (SSSR count). The Balaban J connectivity index is 1.87. The van der Waals surface area contributed by atoms with E-state index in [4.69, 9.17) is 0 Å². The molecule has 0 heterocycles. The van der Waals surface area contributed by atoms with Crippen LogP contribution in [0.5, 0.6) is 0 Å². The molecule has 6 heteroatoms. The molecular formula is C16H20BrNO3S. The van der Waals surface area contributed by atoms with E-state index in [1.807, 2.05) is 19.9 Å². The minimum absolute atomic E-state index is 0.116. The second-order valence-corrected chi connectivity index (χ2v) is 9.68. The molecule has 2 bridgehead atoms. The van der Waals surface area contributed by atoms with Gasteiger partial charge in [-0.1, -0.05) is 35.8 Å². The predicted molar refractivity (Wildman–Crippen MR) is 90.1 cm³/mol. The first-order chi connectivity index (χ1) is 10.2. The number of sulfonamides is 1. The van der Waals surface area contributed by atoms with Crippen LogP contribution in [0.3, 0.4) is 0 Å². The Labute approximate surface area is 139 Å². The molecule has 22 heavy (non-hydrogen) atoms. The van der Waals surface area contributed by atoms with Crippen molar-refractivity contribution in [3.63, 3.8) is 0 Å². The average Bonchev–Trinajstić information content (AvgIpc) is 2.71. The van der Waals surface area contributed by atoms with Crippen molar-refractivity contribution < 1.29 is 13.2 Å². The Morgan fingerprint density at radius 1 is 1.36 bits per heavy atom. The number of Topliss-reactive ketones (excluding diaryl/α,β-unsaturated/α-hetero) is 1. The van der Waals surface area contributed by atoms with Gasteiger partial charge in [-0.15, -0.1) is 0 Å². The van der Waals surface area contributed by atoms with Crippen molar-refractivity contribution in [3.8, 4) is 0 Å². The topological polar surface area (TPSA) is 63.2 Å². The summed E-state index contributed by atoms with van der Waals surface area (Å²) in [6.07, 6.45) is 2.16. The van der Waals surface area contributed by atoms with E-state index in [0.29, 0.717) is 24.4 Å². The van der Waals surface area contributed by atoms with Crippen molar-refractivity contribution in [3.05, 3.63) is 28.7 Å². The molecule has 0 radical (unpaired) electrons. The third-order valence-electron chi connectivity index (χ3n) is 5.67. The lowest BCUT2D eigenvalue weighted by Gasteiger charge is -2.36. The molecule has 0 aromatic heterocycles. The molecule has 0 saturated heterocycles. The molecule has 2 atom stereocenters. The van der Waals surface area contributed by atoms with Crippen LogP contribution in [0.4, 0.5) is 5.69 Å². The molecule has 0 amide bonds. The van der Waals surface area contributed by atoms with Crippen LogP contribution in [0, 0.1) is 16.7 Å². The Morgan fingerprint density at radius 3 is 2.64 bits per heavy atom. The fraction of sp³-hybridized carbons (Fsp3) is 0.562. The summed E-state index contributed by atoms with van der Waals surface area (Å²) in [6.45, 7) is 4.09. The first-order valence-corrected chi connectivity index (χ1v) is 9.90. The van der Waals surface area contributed by atoms with E-state index in [0.717, 1.165) is 10.9 Å². The van der Waals surface area contributed by atoms with Crippen LogP contribution in [0.2, 0.25) is 0 Å². The smallest absolute Gasteiger partial charge is 0.233 e. The molecule has 2 aliphatic carbocycles. The zero-order chi connectivity index (χ0) is 16.2. The zero-order valence-corrected chi connectivity index (χ0v) is 15.1. The maximum atomic E-state index is 12.6. The Bertz CT molecular complexity index is 729. The Kier molecular flexibility index (Phi) is 3.68. The molecule has 2 fully saturated rings. The first kappa shape index (κ1) is 16.0. The molecule has 4 nitrogen and oxygen atoms in total. The van der Waals surface area contributed by atoms with Gasteiger partial charge in [-0.05, 0) is 42.4 Å². The fourth-order valence-corrected chi connectivity index (χ4v) is 6.48. The van der Waals surface area contributed by atoms with E-state index in [-0.39, 0.29) is 17.0 Å². The molecular weight excluding hydrogens is 366 g/mol. The van der Waals surface area contributed by atoms with Crippen molar-refractivity contribution in [1.29, 1.82) is 0 Å². The number of nitrogens with one attached hydrogen (secondary N) is 1. The lowest BCUT2D eigenvalue weighted by Crippen LogP contribution is -2.43. The summed E-state index contributed by atoms with van der Waals surface area (Å²) >= 11 is 3.33. The summed E-state index contributed by atoms with van der Waals surface area (Å²) in [4.78, 5) is 12.5. The SMILES string of the molecule is CC1(C)[C@H]2CC[C@]1(CS(=O)(=O)Nc1cccc(Br)c1)C(=O)C2. The molecule has 0 spiro atoms. The van der Waals surface area contributed by atoms with Crippen LogP contribution in [-0.2, 0) is 14.8 Å². The van der Waals surface area contributed by atoms with E-state index < -0.39 is 15.4 Å². The standard InChI is InChI=1S/C16H20BrNO3S/c1-15(2)11-6-7-16(15,14(19)8-11)10-22(20,21)18-13-5-3-4-12(17)9-13/h3-5,9,11,18H,6-8,10H2,1-2H3/t11-,16-/m0/s1. The van der Waals surface area contributed by atoms with Crippen molar-refractivity contribution in [2.45, 2.75) is 33.1 Å². The maximum Gasteiger partial charge on any atom is 0.233 e. The lowest BCUT2D eigenvalue weighted by molar-refractivity contribution is -0.128. The third-order valence-corrected chi connectivity index (χ3v) is 7.59. The predicted octanol–water partition coefficient (Wildman–Crippen LogP) is 3.59. The summed E-state index contributed by atoms with van der Waals surface area (Å²) < 4.78 is 28.6. The number of ketones is 1. The summed E-state index contributed by atoms with van der Waals surface area (Å²) in [5.41, 5.74) is -0.449. The maximum absolute atomic E-state index is 12.6. The van der Waals surface area contributed by atoms with Crippen LogP contribution < -0.4 is 4.72 Å². The van der Waals surface area contributed by atoms with Gasteiger partial charge in [-0.3, -0.25) is 9.52 Å². The molecule has 2 saturated carbocycles. The van der Waals surface area contributed by atoms with Gasteiger partial charge in [0.05, 0.1) is 11.2 Å². The second kappa shape index (κ2) is 5.06. The third kappa shape index (κ3) is 2.40. The van der Waals surface area contributed by atoms with Crippen LogP contribution in [0.15, 0.2) is 28.7 Å². The zero-order valence-electron chi connectivity index (χ0n) is 12.7. The summed E-state index contributed by atoms with van der Waals surface area (Å²) in [7, 11) is -3.57. The second-order valence-electron chi connectivity index (χ2n) is 7.04. The highest BCUT2D eigenvalue weighted by atomic mass is 79.9. The number of halogens is 1. The van der Waals surface area contributed by atoms with Crippen molar-refractivity contribution in [1.82, 2.24) is 0 Å². The van der Waals surface area contributed by atoms with Gasteiger partial charge < -0.3 is 0 Å². The molecule has 2 aliphatic rings. The number of benzene rings is 1. The van der Waals surface area contributed by atoms with Gasteiger partial charge in [-0.2, -0.15) is 0 Å².